The zero-order valence-corrected chi connectivity index (χ0v) is 39.3. The van der Waals surface area contributed by atoms with Gasteiger partial charge in [-0.3, -0.25) is 0 Å². The van der Waals surface area contributed by atoms with Crippen molar-refractivity contribution in [1.82, 2.24) is 10.6 Å². The van der Waals surface area contributed by atoms with Crippen molar-refractivity contribution in [2.75, 3.05) is 55.9 Å². The molecule has 0 saturated heterocycles. The van der Waals surface area contributed by atoms with Gasteiger partial charge in [0.1, 0.15) is 43.5 Å². The number of hydrogen-bond donors (Lipinski definition) is 3. The molecule has 4 aromatic carbocycles. The van der Waals surface area contributed by atoms with Crippen LogP contribution in [0.1, 0.15) is 57.8 Å². The van der Waals surface area contributed by atoms with Crippen LogP contribution in [-0.2, 0) is 23.8 Å². The number of ether oxygens (including phenoxy) is 5. The highest BCUT2D eigenvalue weighted by molar-refractivity contribution is 7.99. The van der Waals surface area contributed by atoms with E-state index in [0.717, 1.165) is 78.4 Å². The number of para-hydroxylation sites is 2. The minimum Gasteiger partial charge on any atom is -0.489 e. The normalized spacial score (nSPS) is 11.6. The third-order valence-electron chi connectivity index (χ3n) is 10.1. The number of amides is 2. The second-order valence-electron chi connectivity index (χ2n) is 15.3. The van der Waals surface area contributed by atoms with E-state index in [1.165, 1.54) is 12.8 Å². The van der Waals surface area contributed by atoms with E-state index >= 15 is 0 Å². The zero-order chi connectivity index (χ0) is 47.0. The Morgan fingerprint density at radius 2 is 1.02 bits per heavy atom. The molecule has 4 aromatic rings. The number of esters is 1. The highest BCUT2D eigenvalue weighted by atomic mass is 32.2. The van der Waals surface area contributed by atoms with Gasteiger partial charge in [0.05, 0.1) is 6.54 Å². The maximum Gasteiger partial charge on any atom is 0.407 e. The summed E-state index contributed by atoms with van der Waals surface area (Å²) in [6.07, 6.45) is 7.99. The Morgan fingerprint density at radius 1 is 0.591 bits per heavy atom. The van der Waals surface area contributed by atoms with Crippen LogP contribution in [0.4, 0.5) is 9.59 Å². The number of benzene rings is 4. The van der Waals surface area contributed by atoms with E-state index in [9.17, 15) is 19.2 Å². The Labute approximate surface area is 398 Å². The van der Waals surface area contributed by atoms with Crippen LogP contribution in [0.2, 0.25) is 0 Å². The second-order valence-corrected chi connectivity index (χ2v) is 17.6. The average Bonchev–Trinajstić information content (AvgIpc) is 3.34. The van der Waals surface area contributed by atoms with Crippen LogP contribution >= 0.6 is 23.5 Å². The van der Waals surface area contributed by atoms with Gasteiger partial charge in [-0.1, -0.05) is 149 Å². The summed E-state index contributed by atoms with van der Waals surface area (Å²) in [5.41, 5.74) is 3.99. The van der Waals surface area contributed by atoms with Crippen LogP contribution in [0.3, 0.4) is 0 Å². The largest absolute Gasteiger partial charge is 0.489 e. The number of carboxylic acids is 1. The number of carbonyl (C=O) groups excluding carboxylic acids is 3. The molecule has 0 spiro atoms. The van der Waals surface area contributed by atoms with Gasteiger partial charge in [-0.2, -0.15) is 23.5 Å². The summed E-state index contributed by atoms with van der Waals surface area (Å²) in [7, 11) is 0. The van der Waals surface area contributed by atoms with Crippen molar-refractivity contribution in [3.63, 3.8) is 0 Å². The highest BCUT2D eigenvalue weighted by Gasteiger charge is 2.19. The maximum absolute atomic E-state index is 12.7. The number of hydrogen-bond acceptors (Lipinski definition) is 11. The molecule has 0 saturated carbocycles. The molecule has 0 aliphatic rings. The van der Waals surface area contributed by atoms with Gasteiger partial charge in [-0.25, -0.2) is 19.2 Å². The van der Waals surface area contributed by atoms with Crippen LogP contribution in [0, 0.1) is 0 Å². The molecule has 0 heterocycles. The molecule has 0 fully saturated rings. The number of unbranched alkanes of at least 4 members (excludes halogenated alkanes) is 7. The first-order valence-corrected chi connectivity index (χ1v) is 24.8. The van der Waals surface area contributed by atoms with Crippen LogP contribution in [0.5, 0.6) is 11.5 Å². The number of carbonyl (C=O) groups is 4. The maximum atomic E-state index is 12.7. The lowest BCUT2D eigenvalue weighted by atomic mass is 10.1. The van der Waals surface area contributed by atoms with Crippen molar-refractivity contribution in [3.05, 3.63) is 134 Å². The highest BCUT2D eigenvalue weighted by Crippen LogP contribution is 2.31. The lowest BCUT2D eigenvalue weighted by Crippen LogP contribution is -2.35. The number of thioether (sulfide) groups is 2. The van der Waals surface area contributed by atoms with Gasteiger partial charge in [-0.05, 0) is 54.0 Å². The third kappa shape index (κ3) is 21.4. The topological polar surface area (TPSA) is 159 Å². The molecule has 0 aromatic heterocycles. The molecule has 0 radical (unpaired) electrons. The molecule has 354 valence electrons. The van der Waals surface area contributed by atoms with Crippen LogP contribution < -0.4 is 20.1 Å². The van der Waals surface area contributed by atoms with Gasteiger partial charge in [-0.15, -0.1) is 0 Å². The van der Waals surface area contributed by atoms with Gasteiger partial charge < -0.3 is 39.4 Å². The molecule has 0 bridgehead atoms. The van der Waals surface area contributed by atoms with Crippen LogP contribution in [0.15, 0.2) is 134 Å². The molecule has 2 unspecified atom stereocenters. The number of alkyl carbamates (subject to hydrolysis) is 2. The predicted octanol–water partition coefficient (Wildman–Crippen LogP) is 11.0. The Kier molecular flexibility index (Phi) is 25.5. The fourth-order valence-corrected chi connectivity index (χ4v) is 8.57. The van der Waals surface area contributed by atoms with Crippen molar-refractivity contribution in [1.29, 1.82) is 0 Å². The molecular formula is C52H64N2O10S2. The number of rotatable bonds is 33. The van der Waals surface area contributed by atoms with Crippen molar-refractivity contribution >= 4 is 47.6 Å². The Hall–Kier alpha value is -5.86. The second kappa shape index (κ2) is 31.9. The van der Waals surface area contributed by atoms with E-state index < -0.39 is 36.3 Å². The Balaban J connectivity index is 1.12. The minimum absolute atomic E-state index is 0.0146. The van der Waals surface area contributed by atoms with Crippen molar-refractivity contribution in [2.24, 2.45) is 0 Å². The molecule has 12 nitrogen and oxygen atoms in total. The first kappa shape index (κ1) is 52.8. The van der Waals surface area contributed by atoms with Crippen molar-refractivity contribution < 1.29 is 48.0 Å². The van der Waals surface area contributed by atoms with E-state index in [4.69, 9.17) is 28.8 Å². The zero-order valence-electron chi connectivity index (χ0n) is 37.7. The van der Waals surface area contributed by atoms with Gasteiger partial charge in [0.25, 0.3) is 0 Å². The predicted molar refractivity (Wildman–Crippen MR) is 265 cm³/mol. The SMILES string of the molecule is C=CC(=O)OCCNC(=O)OC(COc1ccccc1-c1ccccc1)CSCCCCCCCCCCSCC(COc1ccccc1-c1ccccc1)OC(=O)NCCC(=C)C(=O)O. The summed E-state index contributed by atoms with van der Waals surface area (Å²) < 4.78 is 28.9. The molecule has 66 heavy (non-hydrogen) atoms. The van der Waals surface area contributed by atoms with Crippen LogP contribution in [-0.4, -0.2) is 97.4 Å². The molecule has 0 aliphatic carbocycles. The van der Waals surface area contributed by atoms with Crippen molar-refractivity contribution in [3.8, 4) is 33.8 Å². The minimum atomic E-state index is -1.09. The first-order valence-electron chi connectivity index (χ1n) is 22.5. The van der Waals surface area contributed by atoms with E-state index in [1.807, 2.05) is 109 Å². The summed E-state index contributed by atoms with van der Waals surface area (Å²) in [5, 5.41) is 14.3. The molecule has 4 rings (SSSR count). The summed E-state index contributed by atoms with van der Waals surface area (Å²) in [4.78, 5) is 47.7. The van der Waals surface area contributed by atoms with E-state index in [2.05, 4.69) is 23.8 Å². The lowest BCUT2D eigenvalue weighted by Gasteiger charge is -2.20. The van der Waals surface area contributed by atoms with Gasteiger partial charge in [0, 0.05) is 40.8 Å². The fraction of sp³-hybridized carbons (Fsp3) is 0.385. The molecule has 3 N–H and O–H groups in total. The summed E-state index contributed by atoms with van der Waals surface area (Å²) in [6.45, 7) is 7.48. The average molecular weight is 941 g/mol. The fourth-order valence-electron chi connectivity index (χ4n) is 6.57. The Bertz CT molecular complexity index is 2070. The van der Waals surface area contributed by atoms with E-state index in [1.54, 1.807) is 23.5 Å². The molecule has 0 aliphatic heterocycles. The first-order chi connectivity index (χ1) is 32.2. The standard InChI is InChI=1S/C52H64N2O10S2/c1-3-49(55)60-33-32-54-52(59)64-44(37-62-48-29-19-17-27-46(48)42-24-14-11-15-25-42)39-66-35-21-9-7-5-4-6-8-20-34-65-38-43(63-51(58)53-31-30-40(2)50(56)57)36-61-47-28-18-16-26-45(47)41-22-12-10-13-23-41/h3,10-19,22-29,43-44H,1-2,4-9,20-21,30-39H2,(H,53,58)(H,54,59)(H,56,57). The van der Waals surface area contributed by atoms with E-state index in [0.29, 0.717) is 23.0 Å². The van der Waals surface area contributed by atoms with Gasteiger partial charge in [0.2, 0.25) is 0 Å². The van der Waals surface area contributed by atoms with Gasteiger partial charge in [0.15, 0.2) is 0 Å². The molecular weight excluding hydrogens is 877 g/mol. The van der Waals surface area contributed by atoms with Crippen molar-refractivity contribution in [2.45, 2.75) is 70.0 Å². The quantitative estimate of drug-likeness (QED) is 0.0180. The van der Waals surface area contributed by atoms with Crippen LogP contribution in [0.25, 0.3) is 22.3 Å². The molecule has 2 atom stereocenters. The number of carboxylic acid groups (broad SMARTS) is 1. The lowest BCUT2D eigenvalue weighted by molar-refractivity contribution is -0.137. The number of aliphatic carboxylic acids is 1. The van der Waals surface area contributed by atoms with E-state index in [-0.39, 0.29) is 44.9 Å². The molecule has 2 amide bonds. The monoisotopic (exact) mass is 940 g/mol. The third-order valence-corrected chi connectivity index (χ3v) is 12.4. The smallest absolute Gasteiger partial charge is 0.407 e. The van der Waals surface area contributed by atoms with Gasteiger partial charge >= 0.3 is 24.1 Å². The molecule has 14 heteroatoms. The number of nitrogens with one attached hydrogen (secondary N) is 2. The Morgan fingerprint density at radius 3 is 1.47 bits per heavy atom. The summed E-state index contributed by atoms with van der Waals surface area (Å²) in [6, 6.07) is 35.5. The summed E-state index contributed by atoms with van der Waals surface area (Å²) >= 11 is 3.46. The summed E-state index contributed by atoms with van der Waals surface area (Å²) in [5.74, 6) is 2.76.